The SMILES string of the molecule is O=C(C1CCN(S(=O)(=O)Cc2c(Cl)cccc2Cl)CC1)N1CCN(S(=O)(=O)c2ccccc2)CC1. The Morgan fingerprint density at radius 3 is 1.91 bits per heavy atom. The van der Waals surface area contributed by atoms with Gasteiger partial charge in [0.15, 0.2) is 0 Å². The van der Waals surface area contributed by atoms with Crippen LogP contribution in [0.4, 0.5) is 0 Å². The van der Waals surface area contributed by atoms with Gasteiger partial charge in [0.1, 0.15) is 0 Å². The molecule has 0 N–H and O–H groups in total. The smallest absolute Gasteiger partial charge is 0.243 e. The van der Waals surface area contributed by atoms with Gasteiger partial charge in [-0.3, -0.25) is 4.79 Å². The summed E-state index contributed by atoms with van der Waals surface area (Å²) in [5.41, 5.74) is 0.373. The number of sulfonamides is 2. The van der Waals surface area contributed by atoms with E-state index in [9.17, 15) is 21.6 Å². The zero-order valence-electron chi connectivity index (χ0n) is 19.0. The number of hydrogen-bond donors (Lipinski definition) is 0. The highest BCUT2D eigenvalue weighted by Crippen LogP contribution is 2.29. The molecule has 35 heavy (non-hydrogen) atoms. The third kappa shape index (κ3) is 5.84. The van der Waals surface area contributed by atoms with E-state index in [0.717, 1.165) is 0 Å². The molecule has 0 aliphatic carbocycles. The van der Waals surface area contributed by atoms with E-state index >= 15 is 0 Å². The van der Waals surface area contributed by atoms with Gasteiger partial charge in [-0.2, -0.15) is 4.31 Å². The average molecular weight is 561 g/mol. The van der Waals surface area contributed by atoms with Gasteiger partial charge in [0.05, 0.1) is 10.6 Å². The predicted molar refractivity (Wildman–Crippen MR) is 135 cm³/mol. The maximum Gasteiger partial charge on any atom is 0.243 e. The van der Waals surface area contributed by atoms with E-state index in [-0.39, 0.29) is 48.7 Å². The maximum atomic E-state index is 13.1. The van der Waals surface area contributed by atoms with E-state index in [2.05, 4.69) is 0 Å². The molecule has 2 heterocycles. The molecule has 4 rings (SSSR count). The number of carbonyl (C=O) groups is 1. The maximum absolute atomic E-state index is 13.1. The van der Waals surface area contributed by atoms with Crippen LogP contribution in [-0.2, 0) is 30.6 Å². The van der Waals surface area contributed by atoms with Crippen molar-refractivity contribution in [2.24, 2.45) is 5.92 Å². The van der Waals surface area contributed by atoms with Gasteiger partial charge in [-0.05, 0) is 37.1 Å². The summed E-state index contributed by atoms with van der Waals surface area (Å²) in [6.07, 6.45) is 0.827. The number of nitrogens with zero attached hydrogens (tertiary/aromatic N) is 3. The number of amides is 1. The second-order valence-electron chi connectivity index (χ2n) is 8.67. The fourth-order valence-electron chi connectivity index (χ4n) is 4.47. The van der Waals surface area contributed by atoms with Crippen molar-refractivity contribution >= 4 is 49.2 Å². The predicted octanol–water partition coefficient (Wildman–Crippen LogP) is 3.07. The second kappa shape index (κ2) is 10.7. The van der Waals surface area contributed by atoms with Crippen LogP contribution in [0.2, 0.25) is 10.0 Å². The van der Waals surface area contributed by atoms with Crippen LogP contribution >= 0.6 is 23.2 Å². The number of halogens is 2. The Morgan fingerprint density at radius 1 is 0.771 bits per heavy atom. The van der Waals surface area contributed by atoms with Crippen LogP contribution < -0.4 is 0 Å². The molecule has 2 aliphatic rings. The topological polar surface area (TPSA) is 95.1 Å². The van der Waals surface area contributed by atoms with E-state index in [1.807, 2.05) is 0 Å². The van der Waals surface area contributed by atoms with Gasteiger partial charge in [0.25, 0.3) is 0 Å². The molecule has 190 valence electrons. The van der Waals surface area contributed by atoms with E-state index < -0.39 is 20.0 Å². The first-order valence-electron chi connectivity index (χ1n) is 11.3. The molecule has 0 unspecified atom stereocenters. The van der Waals surface area contributed by atoms with Crippen molar-refractivity contribution < 1.29 is 21.6 Å². The molecule has 0 bridgehead atoms. The van der Waals surface area contributed by atoms with Crippen molar-refractivity contribution in [1.29, 1.82) is 0 Å². The van der Waals surface area contributed by atoms with Crippen LogP contribution in [0.5, 0.6) is 0 Å². The van der Waals surface area contributed by atoms with Gasteiger partial charge in [-0.15, -0.1) is 0 Å². The number of piperazine rings is 1. The molecule has 2 aliphatic heterocycles. The van der Waals surface area contributed by atoms with Gasteiger partial charge in [-0.1, -0.05) is 47.5 Å². The minimum atomic E-state index is -3.64. The van der Waals surface area contributed by atoms with E-state index in [1.165, 1.54) is 8.61 Å². The lowest BCUT2D eigenvalue weighted by Crippen LogP contribution is -2.53. The molecule has 8 nitrogen and oxygen atoms in total. The number of carbonyl (C=O) groups excluding carboxylic acids is 1. The van der Waals surface area contributed by atoms with E-state index in [0.29, 0.717) is 41.5 Å². The van der Waals surface area contributed by atoms with Crippen molar-refractivity contribution in [2.75, 3.05) is 39.3 Å². The third-order valence-corrected chi connectivity index (χ3v) is 10.9. The zero-order valence-corrected chi connectivity index (χ0v) is 22.2. The summed E-state index contributed by atoms with van der Waals surface area (Å²) in [6, 6.07) is 13.1. The molecular weight excluding hydrogens is 533 g/mol. The van der Waals surface area contributed by atoms with Crippen molar-refractivity contribution in [3.63, 3.8) is 0 Å². The summed E-state index contributed by atoms with van der Waals surface area (Å²) < 4.78 is 54.3. The Bertz CT molecular complexity index is 1250. The normalized spacial score (nSPS) is 19.1. The van der Waals surface area contributed by atoms with Gasteiger partial charge in [0.2, 0.25) is 26.0 Å². The largest absolute Gasteiger partial charge is 0.340 e. The number of benzene rings is 2. The summed E-state index contributed by atoms with van der Waals surface area (Å²) in [5, 5.41) is 0.610. The summed E-state index contributed by atoms with van der Waals surface area (Å²) in [7, 11) is -7.23. The highest BCUT2D eigenvalue weighted by Gasteiger charge is 2.36. The van der Waals surface area contributed by atoms with Crippen LogP contribution in [0.15, 0.2) is 53.4 Å². The van der Waals surface area contributed by atoms with E-state index in [1.54, 1.807) is 53.4 Å². The molecule has 2 aromatic rings. The lowest BCUT2D eigenvalue weighted by Gasteiger charge is -2.38. The Kier molecular flexibility index (Phi) is 8.09. The molecule has 2 aromatic carbocycles. The first kappa shape index (κ1) is 26.4. The van der Waals surface area contributed by atoms with Crippen molar-refractivity contribution in [1.82, 2.24) is 13.5 Å². The Labute approximate surface area is 216 Å². The summed E-state index contributed by atoms with van der Waals surface area (Å²) >= 11 is 12.3. The molecular formula is C23H27Cl2N3O5S2. The summed E-state index contributed by atoms with van der Waals surface area (Å²) in [5.74, 6) is -0.627. The Hall–Kier alpha value is -1.69. The van der Waals surface area contributed by atoms with Crippen LogP contribution in [-0.4, -0.2) is 75.5 Å². The average Bonchev–Trinajstić information content (AvgIpc) is 2.86. The molecule has 2 saturated heterocycles. The minimum absolute atomic E-state index is 0.0482. The van der Waals surface area contributed by atoms with Crippen molar-refractivity contribution in [3.8, 4) is 0 Å². The van der Waals surface area contributed by atoms with Gasteiger partial charge >= 0.3 is 0 Å². The summed E-state index contributed by atoms with van der Waals surface area (Å²) in [6.45, 7) is 1.57. The first-order valence-corrected chi connectivity index (χ1v) is 15.1. The number of piperidine rings is 1. The molecule has 0 radical (unpaired) electrons. The van der Waals surface area contributed by atoms with Crippen LogP contribution in [0.25, 0.3) is 0 Å². The second-order valence-corrected chi connectivity index (χ2v) is 13.4. The number of rotatable bonds is 6. The van der Waals surface area contributed by atoms with E-state index in [4.69, 9.17) is 23.2 Å². The third-order valence-electron chi connectivity index (χ3n) is 6.52. The quantitative estimate of drug-likeness (QED) is 0.542. The van der Waals surface area contributed by atoms with Crippen LogP contribution in [0, 0.1) is 5.92 Å². The molecule has 1 amide bonds. The lowest BCUT2D eigenvalue weighted by atomic mass is 9.96. The van der Waals surface area contributed by atoms with Gasteiger partial charge in [0, 0.05) is 60.8 Å². The molecule has 0 spiro atoms. The summed E-state index contributed by atoms with van der Waals surface area (Å²) in [4.78, 5) is 15.0. The van der Waals surface area contributed by atoms with Crippen LogP contribution in [0.1, 0.15) is 18.4 Å². The molecule has 12 heteroatoms. The minimum Gasteiger partial charge on any atom is -0.340 e. The fraction of sp³-hybridized carbons (Fsp3) is 0.435. The molecule has 0 aromatic heterocycles. The highest BCUT2D eigenvalue weighted by atomic mass is 35.5. The molecule has 0 saturated carbocycles. The van der Waals surface area contributed by atoms with Gasteiger partial charge < -0.3 is 4.90 Å². The standard InChI is InChI=1S/C23H27Cl2N3O5S2/c24-21-7-4-8-22(25)20(21)17-34(30,31)27-11-9-18(10-12-27)23(29)26-13-15-28(16-14-26)35(32,33)19-5-2-1-3-6-19/h1-8,18H,9-17H2. The fourth-order valence-corrected chi connectivity index (χ4v) is 8.23. The van der Waals surface area contributed by atoms with Crippen molar-refractivity contribution in [2.45, 2.75) is 23.5 Å². The molecule has 0 atom stereocenters. The Morgan fingerprint density at radius 2 is 1.34 bits per heavy atom. The molecule has 2 fully saturated rings. The first-order chi connectivity index (χ1) is 16.6. The van der Waals surface area contributed by atoms with Crippen LogP contribution in [0.3, 0.4) is 0 Å². The number of hydrogen-bond acceptors (Lipinski definition) is 5. The van der Waals surface area contributed by atoms with Crippen molar-refractivity contribution in [3.05, 3.63) is 64.1 Å². The monoisotopic (exact) mass is 559 g/mol. The van der Waals surface area contributed by atoms with Gasteiger partial charge in [-0.25, -0.2) is 21.1 Å². The lowest BCUT2D eigenvalue weighted by molar-refractivity contribution is -0.137. The Balaban J connectivity index is 1.31. The highest BCUT2D eigenvalue weighted by molar-refractivity contribution is 7.89. The zero-order chi connectivity index (χ0) is 25.2.